The molecule has 1 saturated carbocycles. The van der Waals surface area contributed by atoms with E-state index in [1.54, 1.807) is 18.2 Å². The largest absolute Gasteiger partial charge is 0.461 e. The number of H-pyrrole nitrogens is 1. The maximum absolute atomic E-state index is 11.8. The fourth-order valence-corrected chi connectivity index (χ4v) is 1.84. The van der Waals surface area contributed by atoms with E-state index in [2.05, 4.69) is 9.97 Å². The minimum atomic E-state index is -0.211. The quantitative estimate of drug-likeness (QED) is 0.766. The Hall–Kier alpha value is -2.04. The van der Waals surface area contributed by atoms with E-state index in [0.29, 0.717) is 22.6 Å². The molecule has 0 atom stereocenters. The lowest BCUT2D eigenvalue weighted by Gasteiger charge is -2.25. The van der Waals surface area contributed by atoms with Crippen LogP contribution < -0.4 is 16.0 Å². The van der Waals surface area contributed by atoms with Crippen LogP contribution >= 0.6 is 0 Å². The SMILES string of the molecule is Nc1ccc2nc(OC3CCC3)[nH]c(=O)c2c1. The summed E-state index contributed by atoms with van der Waals surface area (Å²) in [5.74, 6) is 0. The van der Waals surface area contributed by atoms with Gasteiger partial charge in [-0.1, -0.05) is 0 Å². The van der Waals surface area contributed by atoms with Gasteiger partial charge in [0.25, 0.3) is 11.6 Å². The fourth-order valence-electron chi connectivity index (χ4n) is 1.84. The van der Waals surface area contributed by atoms with Gasteiger partial charge < -0.3 is 10.5 Å². The summed E-state index contributed by atoms with van der Waals surface area (Å²) in [6.45, 7) is 0. The molecule has 2 aromatic rings. The molecule has 1 aromatic carbocycles. The van der Waals surface area contributed by atoms with Crippen LogP contribution in [0.15, 0.2) is 23.0 Å². The second-order valence-electron chi connectivity index (χ2n) is 4.32. The summed E-state index contributed by atoms with van der Waals surface area (Å²) >= 11 is 0. The van der Waals surface area contributed by atoms with E-state index in [1.165, 1.54) is 6.42 Å². The number of aromatic amines is 1. The number of nitrogens with one attached hydrogen (secondary N) is 1. The molecule has 0 aliphatic heterocycles. The number of anilines is 1. The van der Waals surface area contributed by atoms with Crippen molar-refractivity contribution in [2.45, 2.75) is 25.4 Å². The Bertz CT molecular complexity index is 617. The van der Waals surface area contributed by atoms with E-state index in [-0.39, 0.29) is 11.7 Å². The van der Waals surface area contributed by atoms with E-state index < -0.39 is 0 Å². The van der Waals surface area contributed by atoms with Crippen molar-refractivity contribution in [1.29, 1.82) is 0 Å². The first-order valence-electron chi connectivity index (χ1n) is 5.68. The Morgan fingerprint density at radius 1 is 1.41 bits per heavy atom. The number of hydrogen-bond donors (Lipinski definition) is 2. The van der Waals surface area contributed by atoms with Gasteiger partial charge in [-0.2, -0.15) is 4.98 Å². The summed E-state index contributed by atoms with van der Waals surface area (Å²) in [5.41, 5.74) is 6.58. The highest BCUT2D eigenvalue weighted by atomic mass is 16.5. The Morgan fingerprint density at radius 3 is 2.94 bits per heavy atom. The zero-order valence-corrected chi connectivity index (χ0v) is 9.27. The number of rotatable bonds is 2. The van der Waals surface area contributed by atoms with Gasteiger partial charge in [-0.3, -0.25) is 9.78 Å². The van der Waals surface area contributed by atoms with Crippen LogP contribution in [0.2, 0.25) is 0 Å². The zero-order chi connectivity index (χ0) is 11.8. The predicted molar refractivity (Wildman–Crippen MR) is 65.0 cm³/mol. The van der Waals surface area contributed by atoms with Gasteiger partial charge in [0, 0.05) is 5.69 Å². The molecule has 0 bridgehead atoms. The molecule has 1 aliphatic rings. The minimum absolute atomic E-state index is 0.199. The summed E-state index contributed by atoms with van der Waals surface area (Å²) in [7, 11) is 0. The Labute approximate surface area is 97.6 Å². The lowest BCUT2D eigenvalue weighted by atomic mass is 9.96. The smallest absolute Gasteiger partial charge is 0.297 e. The van der Waals surface area contributed by atoms with E-state index in [9.17, 15) is 4.79 Å². The van der Waals surface area contributed by atoms with Gasteiger partial charge >= 0.3 is 0 Å². The fraction of sp³-hybridized carbons (Fsp3) is 0.333. The van der Waals surface area contributed by atoms with Gasteiger partial charge in [-0.05, 0) is 37.5 Å². The molecular weight excluding hydrogens is 218 g/mol. The molecule has 3 N–H and O–H groups in total. The molecular formula is C12H13N3O2. The topological polar surface area (TPSA) is 81.0 Å². The van der Waals surface area contributed by atoms with E-state index in [1.807, 2.05) is 0 Å². The van der Waals surface area contributed by atoms with E-state index in [4.69, 9.17) is 10.5 Å². The van der Waals surface area contributed by atoms with Crippen LogP contribution in [-0.4, -0.2) is 16.1 Å². The number of aromatic nitrogens is 2. The van der Waals surface area contributed by atoms with Crippen LogP contribution in [0, 0.1) is 0 Å². The molecule has 88 valence electrons. The molecule has 1 aromatic heterocycles. The molecule has 0 saturated heterocycles. The van der Waals surface area contributed by atoms with Crippen LogP contribution in [0.3, 0.4) is 0 Å². The number of nitrogens with two attached hydrogens (primary N) is 1. The Balaban J connectivity index is 2.04. The summed E-state index contributed by atoms with van der Waals surface area (Å²) in [6.07, 6.45) is 3.44. The van der Waals surface area contributed by atoms with Crippen LogP contribution in [0.4, 0.5) is 5.69 Å². The van der Waals surface area contributed by atoms with E-state index >= 15 is 0 Å². The molecule has 17 heavy (non-hydrogen) atoms. The normalized spacial score (nSPS) is 15.8. The summed E-state index contributed by atoms with van der Waals surface area (Å²) in [5, 5.41) is 0.492. The maximum Gasteiger partial charge on any atom is 0.297 e. The maximum atomic E-state index is 11.8. The van der Waals surface area contributed by atoms with Crippen LogP contribution in [0.25, 0.3) is 10.9 Å². The first-order valence-corrected chi connectivity index (χ1v) is 5.68. The third-order valence-corrected chi connectivity index (χ3v) is 3.04. The van der Waals surface area contributed by atoms with Crippen molar-refractivity contribution in [2.75, 3.05) is 5.73 Å². The monoisotopic (exact) mass is 231 g/mol. The molecule has 0 amide bonds. The molecule has 0 radical (unpaired) electrons. The van der Waals surface area contributed by atoms with Gasteiger partial charge in [-0.15, -0.1) is 0 Å². The van der Waals surface area contributed by atoms with E-state index in [0.717, 1.165) is 12.8 Å². The highest BCUT2D eigenvalue weighted by molar-refractivity contribution is 5.81. The number of fused-ring (bicyclic) bond motifs is 1. The van der Waals surface area contributed by atoms with Crippen molar-refractivity contribution < 1.29 is 4.74 Å². The summed E-state index contributed by atoms with van der Waals surface area (Å²) in [4.78, 5) is 18.7. The van der Waals surface area contributed by atoms with Gasteiger partial charge in [0.15, 0.2) is 0 Å². The molecule has 1 aliphatic carbocycles. The predicted octanol–water partition coefficient (Wildman–Crippen LogP) is 1.44. The third-order valence-electron chi connectivity index (χ3n) is 3.04. The molecule has 3 rings (SSSR count). The van der Waals surface area contributed by atoms with Crippen LogP contribution in [-0.2, 0) is 0 Å². The number of nitrogens with zero attached hydrogens (tertiary/aromatic N) is 1. The molecule has 1 heterocycles. The molecule has 5 heteroatoms. The van der Waals surface area contributed by atoms with Gasteiger partial charge in [0.1, 0.15) is 6.10 Å². The van der Waals surface area contributed by atoms with Crippen molar-refractivity contribution in [3.8, 4) is 6.01 Å². The lowest BCUT2D eigenvalue weighted by Crippen LogP contribution is -2.26. The zero-order valence-electron chi connectivity index (χ0n) is 9.27. The molecule has 0 unspecified atom stereocenters. The van der Waals surface area contributed by atoms with Crippen LogP contribution in [0.1, 0.15) is 19.3 Å². The standard InChI is InChI=1S/C12H13N3O2/c13-7-4-5-10-9(6-7)11(16)15-12(14-10)17-8-2-1-3-8/h4-6,8H,1-3,13H2,(H,14,15,16). The molecule has 5 nitrogen and oxygen atoms in total. The van der Waals surface area contributed by atoms with Gasteiger partial charge in [0.05, 0.1) is 10.9 Å². The minimum Gasteiger partial charge on any atom is -0.461 e. The molecule has 0 spiro atoms. The Morgan fingerprint density at radius 2 is 2.24 bits per heavy atom. The van der Waals surface area contributed by atoms with Crippen molar-refractivity contribution in [1.82, 2.24) is 9.97 Å². The van der Waals surface area contributed by atoms with Crippen molar-refractivity contribution in [3.05, 3.63) is 28.6 Å². The highest BCUT2D eigenvalue weighted by Gasteiger charge is 2.20. The van der Waals surface area contributed by atoms with Gasteiger partial charge in [0.2, 0.25) is 0 Å². The number of hydrogen-bond acceptors (Lipinski definition) is 4. The average molecular weight is 231 g/mol. The number of nitrogen functional groups attached to an aromatic ring is 1. The first-order chi connectivity index (χ1) is 8.22. The Kier molecular flexibility index (Phi) is 2.24. The summed E-state index contributed by atoms with van der Waals surface area (Å²) < 4.78 is 5.57. The number of ether oxygens (including phenoxy) is 1. The van der Waals surface area contributed by atoms with Crippen molar-refractivity contribution in [2.24, 2.45) is 0 Å². The second kappa shape index (κ2) is 3.76. The first kappa shape index (κ1) is 10.1. The number of benzene rings is 1. The van der Waals surface area contributed by atoms with Crippen LogP contribution in [0.5, 0.6) is 6.01 Å². The van der Waals surface area contributed by atoms with Crippen molar-refractivity contribution >= 4 is 16.6 Å². The average Bonchev–Trinajstić information content (AvgIpc) is 2.25. The third kappa shape index (κ3) is 1.84. The van der Waals surface area contributed by atoms with Crippen molar-refractivity contribution in [3.63, 3.8) is 0 Å². The molecule has 1 fully saturated rings. The summed E-state index contributed by atoms with van der Waals surface area (Å²) in [6, 6.07) is 5.38. The second-order valence-corrected chi connectivity index (χ2v) is 4.32. The van der Waals surface area contributed by atoms with Gasteiger partial charge in [-0.25, -0.2) is 0 Å². The lowest BCUT2D eigenvalue weighted by molar-refractivity contribution is 0.109. The highest BCUT2D eigenvalue weighted by Crippen LogP contribution is 2.23.